The highest BCUT2D eigenvalue weighted by Gasteiger charge is 2.21. The number of nitrogens with one attached hydrogen (secondary N) is 2. The molecule has 0 fully saturated rings. The van der Waals surface area contributed by atoms with Gasteiger partial charge in [-0.15, -0.1) is 0 Å². The number of ether oxygens (including phenoxy) is 1. The third-order valence-electron chi connectivity index (χ3n) is 3.88. The molecule has 2 aromatic rings. The monoisotopic (exact) mass is 373 g/mol. The normalized spacial score (nSPS) is 15.6. The first-order valence-electron chi connectivity index (χ1n) is 8.13. The number of benzene rings is 2. The highest BCUT2D eigenvalue weighted by Crippen LogP contribution is 2.25. The summed E-state index contributed by atoms with van der Waals surface area (Å²) in [4.78, 5) is 19.7. The zero-order chi connectivity index (χ0) is 19.8. The number of hydrogen-bond donors (Lipinski definition) is 3. The van der Waals surface area contributed by atoms with Gasteiger partial charge >= 0.3 is 0 Å². The summed E-state index contributed by atoms with van der Waals surface area (Å²) in [6, 6.07) is 12.3. The van der Waals surface area contributed by atoms with Crippen LogP contribution in [0.2, 0.25) is 0 Å². The van der Waals surface area contributed by atoms with Gasteiger partial charge in [-0.25, -0.2) is 9.82 Å². The molecule has 27 heavy (non-hydrogen) atoms. The molecule has 7 nitrogen and oxygen atoms in total. The molecule has 1 aliphatic rings. The number of rotatable bonds is 4. The fourth-order valence-corrected chi connectivity index (χ4v) is 2.63. The van der Waals surface area contributed by atoms with Crippen LogP contribution in [0.15, 0.2) is 47.6 Å². The molecule has 0 bridgehead atoms. The van der Waals surface area contributed by atoms with E-state index in [9.17, 15) is 9.18 Å². The van der Waals surface area contributed by atoms with Gasteiger partial charge < -0.3 is 15.2 Å². The van der Waals surface area contributed by atoms with E-state index < -0.39 is 5.82 Å². The topological polar surface area (TPSA) is 100 Å². The molecule has 0 aliphatic carbocycles. The molecule has 0 spiro atoms. The Morgan fingerprint density at radius 1 is 1.26 bits per heavy atom. The molecule has 0 aromatic heterocycles. The number of halogens is 1. The Kier molecular flexibility index (Phi) is 6.87. The minimum absolute atomic E-state index is 0.0604. The number of hydrogen-bond acceptors (Lipinski definition) is 5. The molecular weight excluding hydrogens is 353 g/mol. The van der Waals surface area contributed by atoms with Crippen LogP contribution in [0.5, 0.6) is 5.75 Å². The standard InChI is InChI=1S/C18H18FN3O2.CH2O2/c1-11-9-17(23)21-22-18(11)12-3-5-13(6-4-12)20-14-7-8-15(19)16(10-14)24-2;2-1-3/h3-8,10-11,20H,9H2,1-2H3,(H,21,23);1H,(H,2,3). The largest absolute Gasteiger partial charge is 0.494 e. The highest BCUT2D eigenvalue weighted by atomic mass is 19.1. The van der Waals surface area contributed by atoms with E-state index in [2.05, 4.69) is 15.8 Å². The molecule has 2 aromatic carbocycles. The van der Waals surface area contributed by atoms with E-state index in [1.165, 1.54) is 13.2 Å². The molecule has 1 aliphatic heterocycles. The minimum atomic E-state index is -0.398. The van der Waals surface area contributed by atoms with Crippen LogP contribution in [0, 0.1) is 11.7 Å². The second kappa shape index (κ2) is 9.33. The summed E-state index contributed by atoms with van der Waals surface area (Å²) in [5.41, 5.74) is 5.94. The minimum Gasteiger partial charge on any atom is -0.494 e. The molecule has 1 amide bonds. The molecule has 142 valence electrons. The van der Waals surface area contributed by atoms with Crippen molar-refractivity contribution in [3.05, 3.63) is 53.8 Å². The van der Waals surface area contributed by atoms with Crippen molar-refractivity contribution < 1.29 is 23.8 Å². The van der Waals surface area contributed by atoms with Gasteiger partial charge in [0.25, 0.3) is 6.47 Å². The number of nitrogens with zero attached hydrogens (tertiary/aromatic N) is 1. The third-order valence-corrected chi connectivity index (χ3v) is 3.88. The van der Waals surface area contributed by atoms with Crippen LogP contribution in [-0.2, 0) is 9.59 Å². The van der Waals surface area contributed by atoms with E-state index >= 15 is 0 Å². The first-order valence-corrected chi connectivity index (χ1v) is 8.13. The van der Waals surface area contributed by atoms with Gasteiger partial charge in [-0.1, -0.05) is 19.1 Å². The number of methoxy groups -OCH3 is 1. The molecule has 1 unspecified atom stereocenters. The van der Waals surface area contributed by atoms with E-state index in [0.717, 1.165) is 22.6 Å². The molecule has 0 radical (unpaired) electrons. The van der Waals surface area contributed by atoms with Crippen molar-refractivity contribution in [1.82, 2.24) is 5.43 Å². The van der Waals surface area contributed by atoms with Crippen molar-refractivity contribution in [3.63, 3.8) is 0 Å². The van der Waals surface area contributed by atoms with Gasteiger partial charge in [0.05, 0.1) is 12.8 Å². The predicted octanol–water partition coefficient (Wildman–Crippen LogP) is 3.14. The number of carbonyl (C=O) groups excluding carboxylic acids is 1. The average molecular weight is 373 g/mol. The van der Waals surface area contributed by atoms with Crippen LogP contribution in [-0.4, -0.2) is 30.3 Å². The lowest BCUT2D eigenvalue weighted by molar-refractivity contribution is -0.123. The second-order valence-corrected chi connectivity index (χ2v) is 5.79. The molecule has 0 saturated heterocycles. The maximum absolute atomic E-state index is 13.4. The van der Waals surface area contributed by atoms with Gasteiger partial charge in [-0.2, -0.15) is 5.10 Å². The first kappa shape index (κ1) is 19.9. The Hall–Kier alpha value is -3.42. The summed E-state index contributed by atoms with van der Waals surface area (Å²) in [5, 5.41) is 14.2. The molecule has 1 atom stereocenters. The lowest BCUT2D eigenvalue weighted by Gasteiger charge is -2.19. The van der Waals surface area contributed by atoms with Crippen molar-refractivity contribution in [1.29, 1.82) is 0 Å². The Bertz CT molecular complexity index is 837. The molecular formula is C19H20FN3O4. The van der Waals surface area contributed by atoms with Gasteiger partial charge in [0, 0.05) is 29.8 Å². The van der Waals surface area contributed by atoms with Crippen molar-refractivity contribution in [3.8, 4) is 5.75 Å². The lowest BCUT2D eigenvalue weighted by atomic mass is 9.94. The fourth-order valence-electron chi connectivity index (χ4n) is 2.63. The highest BCUT2D eigenvalue weighted by molar-refractivity contribution is 6.05. The van der Waals surface area contributed by atoms with Gasteiger partial charge in [0.2, 0.25) is 5.91 Å². The number of carboxylic acid groups (broad SMARTS) is 1. The van der Waals surface area contributed by atoms with E-state index in [-0.39, 0.29) is 24.0 Å². The quantitative estimate of drug-likeness (QED) is 0.715. The molecule has 0 saturated carbocycles. The van der Waals surface area contributed by atoms with Crippen LogP contribution in [0.4, 0.5) is 15.8 Å². The summed E-state index contributed by atoms with van der Waals surface area (Å²) in [6.45, 7) is 1.73. The van der Waals surface area contributed by atoms with Crippen LogP contribution >= 0.6 is 0 Å². The summed E-state index contributed by atoms with van der Waals surface area (Å²) in [7, 11) is 1.43. The maximum atomic E-state index is 13.4. The number of amides is 1. The van der Waals surface area contributed by atoms with E-state index in [1.54, 1.807) is 12.1 Å². The summed E-state index contributed by atoms with van der Waals surface area (Å²) >= 11 is 0. The Morgan fingerprint density at radius 2 is 1.89 bits per heavy atom. The second-order valence-electron chi connectivity index (χ2n) is 5.79. The SMILES string of the molecule is COc1cc(Nc2ccc(C3=NNC(=O)CC3C)cc2)ccc1F.O=CO. The van der Waals surface area contributed by atoms with Crippen molar-refractivity contribution >= 4 is 29.5 Å². The predicted molar refractivity (Wildman–Crippen MR) is 99.8 cm³/mol. The first-order chi connectivity index (χ1) is 13.0. The lowest BCUT2D eigenvalue weighted by Crippen LogP contribution is -2.31. The van der Waals surface area contributed by atoms with Crippen LogP contribution in [0.1, 0.15) is 18.9 Å². The third kappa shape index (κ3) is 5.27. The van der Waals surface area contributed by atoms with Crippen molar-refractivity contribution in [2.24, 2.45) is 11.0 Å². The summed E-state index contributed by atoms with van der Waals surface area (Å²) in [5.74, 6) is -0.184. The zero-order valence-electron chi connectivity index (χ0n) is 14.9. The summed E-state index contributed by atoms with van der Waals surface area (Å²) < 4.78 is 18.4. The molecule has 1 heterocycles. The average Bonchev–Trinajstić information content (AvgIpc) is 2.65. The van der Waals surface area contributed by atoms with Gasteiger partial charge in [-0.05, 0) is 29.8 Å². The van der Waals surface area contributed by atoms with Crippen LogP contribution in [0.3, 0.4) is 0 Å². The zero-order valence-corrected chi connectivity index (χ0v) is 14.9. The number of anilines is 2. The number of hydrazone groups is 1. The maximum Gasteiger partial charge on any atom is 0.290 e. The fraction of sp³-hybridized carbons (Fsp3) is 0.211. The van der Waals surface area contributed by atoms with Crippen molar-refractivity contribution in [2.75, 3.05) is 12.4 Å². The van der Waals surface area contributed by atoms with Gasteiger partial charge in [0.1, 0.15) is 0 Å². The Morgan fingerprint density at radius 3 is 2.48 bits per heavy atom. The van der Waals surface area contributed by atoms with Gasteiger partial charge in [-0.3, -0.25) is 9.59 Å². The summed E-state index contributed by atoms with van der Waals surface area (Å²) in [6.07, 6.45) is 0.439. The van der Waals surface area contributed by atoms with E-state index in [0.29, 0.717) is 6.42 Å². The van der Waals surface area contributed by atoms with E-state index in [4.69, 9.17) is 14.6 Å². The van der Waals surface area contributed by atoms with Gasteiger partial charge in [0.15, 0.2) is 11.6 Å². The van der Waals surface area contributed by atoms with Crippen molar-refractivity contribution in [2.45, 2.75) is 13.3 Å². The van der Waals surface area contributed by atoms with E-state index in [1.807, 2.05) is 31.2 Å². The molecule has 3 N–H and O–H groups in total. The van der Waals surface area contributed by atoms with Crippen LogP contribution in [0.25, 0.3) is 0 Å². The Labute approximate surface area is 155 Å². The smallest absolute Gasteiger partial charge is 0.290 e. The number of carbonyl (C=O) groups is 2. The van der Waals surface area contributed by atoms with Crippen LogP contribution < -0.4 is 15.5 Å². The molecule has 8 heteroatoms. The Balaban J connectivity index is 0.000000817. The molecule has 3 rings (SSSR count).